The van der Waals surface area contributed by atoms with Crippen molar-refractivity contribution in [2.75, 3.05) is 13.7 Å². The molecular weight excluding hydrogens is 373 g/mol. The van der Waals surface area contributed by atoms with Crippen LogP contribution in [-0.4, -0.2) is 25.5 Å². The standard InChI is InChI=1S/C19H21ClFN3O3/c1-3-27-17(14-7-6-13(26-2)9-16(14)21)19(25)24-10-12-5-4-11(18(22)23)8-15(12)20/h4-9,17H,3,10H2,1-2H3,(H3,22,23)(H,24,25). The number of carbonyl (C=O) groups is 1. The molecule has 1 amide bonds. The fourth-order valence-corrected chi connectivity index (χ4v) is 2.70. The Labute approximate surface area is 161 Å². The van der Waals surface area contributed by atoms with Crippen LogP contribution in [0.2, 0.25) is 5.02 Å². The van der Waals surface area contributed by atoms with Crippen molar-refractivity contribution in [2.24, 2.45) is 5.73 Å². The van der Waals surface area contributed by atoms with Gasteiger partial charge in [-0.15, -0.1) is 0 Å². The maximum absolute atomic E-state index is 14.3. The van der Waals surface area contributed by atoms with Crippen molar-refractivity contribution in [1.82, 2.24) is 5.32 Å². The maximum Gasteiger partial charge on any atom is 0.254 e. The van der Waals surface area contributed by atoms with E-state index in [2.05, 4.69) is 5.32 Å². The van der Waals surface area contributed by atoms with Crippen LogP contribution in [0.3, 0.4) is 0 Å². The molecule has 2 aromatic rings. The molecule has 8 heteroatoms. The van der Waals surface area contributed by atoms with Gasteiger partial charge in [0.1, 0.15) is 17.4 Å². The molecule has 0 aliphatic rings. The Hall–Kier alpha value is -2.64. The molecule has 0 aliphatic heterocycles. The van der Waals surface area contributed by atoms with Crippen LogP contribution in [0.25, 0.3) is 0 Å². The van der Waals surface area contributed by atoms with Crippen LogP contribution in [0.15, 0.2) is 36.4 Å². The van der Waals surface area contributed by atoms with Gasteiger partial charge in [0, 0.05) is 35.4 Å². The smallest absolute Gasteiger partial charge is 0.254 e. The van der Waals surface area contributed by atoms with Crippen molar-refractivity contribution >= 4 is 23.3 Å². The quantitative estimate of drug-likeness (QED) is 0.474. The number of hydrogen-bond acceptors (Lipinski definition) is 4. The van der Waals surface area contributed by atoms with Crippen LogP contribution in [0.5, 0.6) is 5.75 Å². The summed E-state index contributed by atoms with van der Waals surface area (Å²) >= 11 is 6.16. The second-order valence-electron chi connectivity index (χ2n) is 5.66. The number of nitrogens with two attached hydrogens (primary N) is 1. The molecule has 1 unspecified atom stereocenters. The largest absolute Gasteiger partial charge is 0.497 e. The molecule has 0 spiro atoms. The summed E-state index contributed by atoms with van der Waals surface area (Å²) in [5.74, 6) is -0.831. The summed E-state index contributed by atoms with van der Waals surface area (Å²) in [4.78, 5) is 12.6. The summed E-state index contributed by atoms with van der Waals surface area (Å²) in [6, 6.07) is 9.08. The van der Waals surface area contributed by atoms with E-state index in [-0.39, 0.29) is 24.6 Å². The molecule has 0 radical (unpaired) electrons. The Kier molecular flexibility index (Phi) is 7.15. The molecule has 0 fully saturated rings. The van der Waals surface area contributed by atoms with Crippen LogP contribution in [0, 0.1) is 11.2 Å². The number of halogens is 2. The van der Waals surface area contributed by atoms with Crippen molar-refractivity contribution in [1.29, 1.82) is 5.41 Å². The Balaban J connectivity index is 2.15. The number of benzene rings is 2. The van der Waals surface area contributed by atoms with Gasteiger partial charge < -0.3 is 20.5 Å². The molecule has 144 valence electrons. The monoisotopic (exact) mass is 393 g/mol. The molecule has 2 rings (SSSR count). The van der Waals surface area contributed by atoms with Gasteiger partial charge in [-0.2, -0.15) is 0 Å². The molecular formula is C19H21ClFN3O3. The zero-order valence-corrected chi connectivity index (χ0v) is 15.8. The second-order valence-corrected chi connectivity index (χ2v) is 6.07. The summed E-state index contributed by atoms with van der Waals surface area (Å²) in [6.45, 7) is 2.08. The van der Waals surface area contributed by atoms with Crippen LogP contribution < -0.4 is 15.8 Å². The van der Waals surface area contributed by atoms with E-state index in [1.165, 1.54) is 19.2 Å². The number of hydrogen-bond donors (Lipinski definition) is 3. The Morgan fingerprint density at radius 3 is 2.63 bits per heavy atom. The number of methoxy groups -OCH3 is 1. The number of rotatable bonds is 8. The molecule has 4 N–H and O–H groups in total. The van der Waals surface area contributed by atoms with Gasteiger partial charge in [-0.1, -0.05) is 23.7 Å². The van der Waals surface area contributed by atoms with Gasteiger partial charge >= 0.3 is 0 Å². The first-order valence-electron chi connectivity index (χ1n) is 8.23. The molecule has 0 aliphatic carbocycles. The summed E-state index contributed by atoms with van der Waals surface area (Å²) in [7, 11) is 1.43. The molecule has 6 nitrogen and oxygen atoms in total. The molecule has 0 aromatic heterocycles. The van der Waals surface area contributed by atoms with Crippen molar-refractivity contribution in [3.63, 3.8) is 0 Å². The lowest BCUT2D eigenvalue weighted by molar-refractivity contribution is -0.133. The lowest BCUT2D eigenvalue weighted by Crippen LogP contribution is -2.31. The fraction of sp³-hybridized carbons (Fsp3) is 0.263. The highest BCUT2D eigenvalue weighted by Crippen LogP contribution is 2.25. The number of amidine groups is 1. The minimum Gasteiger partial charge on any atom is -0.497 e. The van der Waals surface area contributed by atoms with Gasteiger partial charge in [0.25, 0.3) is 5.91 Å². The van der Waals surface area contributed by atoms with Gasteiger partial charge in [-0.25, -0.2) is 4.39 Å². The first-order chi connectivity index (χ1) is 12.9. The third-order valence-electron chi connectivity index (χ3n) is 3.88. The molecule has 0 bridgehead atoms. The summed E-state index contributed by atoms with van der Waals surface area (Å²) in [5.41, 5.74) is 6.67. The first-order valence-corrected chi connectivity index (χ1v) is 8.60. The normalized spacial score (nSPS) is 11.7. The number of amides is 1. The van der Waals surface area contributed by atoms with E-state index in [0.717, 1.165) is 0 Å². The Morgan fingerprint density at radius 1 is 1.33 bits per heavy atom. The van der Waals surface area contributed by atoms with Crippen LogP contribution >= 0.6 is 11.6 Å². The van der Waals surface area contributed by atoms with E-state index in [0.29, 0.717) is 21.9 Å². The van der Waals surface area contributed by atoms with E-state index >= 15 is 0 Å². The Bertz CT molecular complexity index is 845. The topological polar surface area (TPSA) is 97.4 Å². The van der Waals surface area contributed by atoms with E-state index in [4.69, 9.17) is 32.2 Å². The minimum atomic E-state index is -1.10. The van der Waals surface area contributed by atoms with Crippen molar-refractivity contribution in [3.8, 4) is 5.75 Å². The zero-order valence-electron chi connectivity index (χ0n) is 15.0. The molecule has 1 atom stereocenters. The highest BCUT2D eigenvalue weighted by Gasteiger charge is 2.24. The predicted octanol–water partition coefficient (Wildman–Crippen LogP) is 3.17. The van der Waals surface area contributed by atoms with Crippen LogP contribution in [-0.2, 0) is 16.1 Å². The molecule has 0 saturated carbocycles. The fourth-order valence-electron chi connectivity index (χ4n) is 2.45. The van der Waals surface area contributed by atoms with E-state index in [1.54, 1.807) is 31.2 Å². The highest BCUT2D eigenvalue weighted by molar-refractivity contribution is 6.31. The molecule has 0 saturated heterocycles. The average Bonchev–Trinajstić information content (AvgIpc) is 2.65. The lowest BCUT2D eigenvalue weighted by atomic mass is 10.1. The van der Waals surface area contributed by atoms with Crippen molar-refractivity contribution in [3.05, 3.63) is 63.9 Å². The summed E-state index contributed by atoms with van der Waals surface area (Å²) in [5, 5.41) is 10.5. The van der Waals surface area contributed by atoms with Crippen molar-refractivity contribution < 1.29 is 18.7 Å². The minimum absolute atomic E-state index is 0.0983. The lowest BCUT2D eigenvalue weighted by Gasteiger charge is -2.18. The van der Waals surface area contributed by atoms with Gasteiger partial charge in [0.2, 0.25) is 0 Å². The van der Waals surface area contributed by atoms with Crippen molar-refractivity contribution in [2.45, 2.75) is 19.6 Å². The van der Waals surface area contributed by atoms with Crippen LogP contribution in [0.1, 0.15) is 29.7 Å². The number of nitrogens with one attached hydrogen (secondary N) is 2. The van der Waals surface area contributed by atoms with Gasteiger partial charge in [-0.05, 0) is 30.7 Å². The van der Waals surface area contributed by atoms with Gasteiger partial charge in [-0.3, -0.25) is 10.2 Å². The Morgan fingerprint density at radius 2 is 2.07 bits per heavy atom. The third kappa shape index (κ3) is 5.18. The molecule has 0 heterocycles. The highest BCUT2D eigenvalue weighted by atomic mass is 35.5. The maximum atomic E-state index is 14.3. The number of ether oxygens (including phenoxy) is 2. The number of nitrogen functional groups attached to an aromatic ring is 1. The summed E-state index contributed by atoms with van der Waals surface area (Å²) < 4.78 is 24.7. The SMILES string of the molecule is CCOC(C(=O)NCc1ccc(C(=N)N)cc1Cl)c1ccc(OC)cc1F. The number of carbonyl (C=O) groups excluding carboxylic acids is 1. The van der Waals surface area contributed by atoms with E-state index in [9.17, 15) is 9.18 Å². The molecule has 27 heavy (non-hydrogen) atoms. The zero-order chi connectivity index (χ0) is 20.0. The summed E-state index contributed by atoms with van der Waals surface area (Å²) in [6.07, 6.45) is -1.10. The predicted molar refractivity (Wildman–Crippen MR) is 102 cm³/mol. The van der Waals surface area contributed by atoms with E-state index in [1.807, 2.05) is 0 Å². The average molecular weight is 394 g/mol. The molecule has 2 aromatic carbocycles. The third-order valence-corrected chi connectivity index (χ3v) is 4.23. The van der Waals surface area contributed by atoms with Crippen LogP contribution in [0.4, 0.5) is 4.39 Å². The van der Waals surface area contributed by atoms with E-state index < -0.39 is 17.8 Å². The first kappa shape index (κ1) is 20.7. The second kappa shape index (κ2) is 9.34. The van der Waals surface area contributed by atoms with Gasteiger partial charge in [0.15, 0.2) is 6.10 Å². The van der Waals surface area contributed by atoms with Gasteiger partial charge in [0.05, 0.1) is 7.11 Å².